The normalized spacial score (nSPS) is 11.7. The third kappa shape index (κ3) is 3.10. The first kappa shape index (κ1) is 17.0. The van der Waals surface area contributed by atoms with E-state index < -0.39 is 0 Å². The van der Waals surface area contributed by atoms with Crippen LogP contribution in [0.15, 0.2) is 46.2 Å². The molecule has 0 aliphatic rings. The predicted octanol–water partition coefficient (Wildman–Crippen LogP) is 4.03. The predicted molar refractivity (Wildman–Crippen MR) is 109 cm³/mol. The molecule has 0 unspecified atom stereocenters. The molecular weight excluding hydrogens is 338 g/mol. The first-order valence-electron chi connectivity index (χ1n) is 8.82. The average molecular weight is 359 g/mol. The summed E-state index contributed by atoms with van der Waals surface area (Å²) >= 11 is 0. The zero-order valence-electron chi connectivity index (χ0n) is 15.8. The fourth-order valence-corrected chi connectivity index (χ4v) is 3.10. The molecule has 27 heavy (non-hydrogen) atoms. The van der Waals surface area contributed by atoms with E-state index in [2.05, 4.69) is 27.0 Å². The number of aliphatic imine (C=N–C) groups is 1. The van der Waals surface area contributed by atoms with Gasteiger partial charge in [0, 0.05) is 11.9 Å². The molecule has 2 heterocycles. The van der Waals surface area contributed by atoms with Crippen LogP contribution in [0, 0.1) is 27.7 Å². The average Bonchev–Trinajstić information content (AvgIpc) is 3.14. The van der Waals surface area contributed by atoms with E-state index in [0.29, 0.717) is 5.56 Å². The van der Waals surface area contributed by atoms with Crippen LogP contribution in [0.4, 0.5) is 5.69 Å². The van der Waals surface area contributed by atoms with E-state index in [1.54, 1.807) is 10.9 Å². The third-order valence-corrected chi connectivity index (χ3v) is 4.79. The van der Waals surface area contributed by atoms with Crippen LogP contribution in [0.1, 0.15) is 28.2 Å². The van der Waals surface area contributed by atoms with Gasteiger partial charge in [-0.05, 0) is 69.2 Å². The van der Waals surface area contributed by atoms with Crippen LogP contribution < -0.4 is 5.56 Å². The van der Waals surface area contributed by atoms with Crippen molar-refractivity contribution >= 4 is 22.9 Å². The van der Waals surface area contributed by atoms with Crippen molar-refractivity contribution in [2.24, 2.45) is 4.99 Å². The lowest BCUT2D eigenvalue weighted by atomic mass is 10.1. The first-order chi connectivity index (χ1) is 12.9. The number of benzene rings is 2. The summed E-state index contributed by atoms with van der Waals surface area (Å²) in [6, 6.07) is 11.7. The second-order valence-corrected chi connectivity index (χ2v) is 6.84. The van der Waals surface area contributed by atoms with E-state index in [0.717, 1.165) is 39.5 Å². The van der Waals surface area contributed by atoms with Gasteiger partial charge in [0.15, 0.2) is 0 Å². The molecule has 0 aliphatic carbocycles. The highest BCUT2D eigenvalue weighted by Gasteiger charge is 2.11. The number of nitrogens with one attached hydrogen (secondary N) is 2. The molecule has 0 bridgehead atoms. The Kier molecular flexibility index (Phi) is 4.03. The number of imidazole rings is 1. The van der Waals surface area contributed by atoms with Gasteiger partial charge in [-0.25, -0.2) is 9.67 Å². The van der Waals surface area contributed by atoms with Crippen molar-refractivity contribution in [2.45, 2.75) is 27.7 Å². The van der Waals surface area contributed by atoms with Crippen LogP contribution in [0.25, 0.3) is 16.7 Å². The summed E-state index contributed by atoms with van der Waals surface area (Å²) in [7, 11) is 0. The number of aromatic amines is 2. The van der Waals surface area contributed by atoms with Gasteiger partial charge in [0.1, 0.15) is 5.82 Å². The van der Waals surface area contributed by atoms with Crippen LogP contribution >= 0.6 is 0 Å². The maximum Gasteiger partial charge on any atom is 0.280 e. The van der Waals surface area contributed by atoms with E-state index in [9.17, 15) is 4.79 Å². The molecule has 2 aromatic carbocycles. The van der Waals surface area contributed by atoms with E-state index in [4.69, 9.17) is 0 Å². The Morgan fingerprint density at radius 1 is 1.04 bits per heavy atom. The number of nitrogens with zero attached hydrogens (tertiary/aromatic N) is 3. The summed E-state index contributed by atoms with van der Waals surface area (Å²) in [5.41, 5.74) is 6.98. The second kappa shape index (κ2) is 6.39. The maximum absolute atomic E-state index is 12.8. The van der Waals surface area contributed by atoms with Crippen LogP contribution in [-0.4, -0.2) is 26.0 Å². The monoisotopic (exact) mass is 359 g/mol. The third-order valence-electron chi connectivity index (χ3n) is 4.79. The molecule has 0 saturated carbocycles. The highest BCUT2D eigenvalue weighted by Crippen LogP contribution is 2.19. The van der Waals surface area contributed by atoms with Gasteiger partial charge in [0.25, 0.3) is 5.56 Å². The highest BCUT2D eigenvalue weighted by atomic mass is 16.1. The Morgan fingerprint density at radius 2 is 1.85 bits per heavy atom. The number of rotatable bonds is 3. The van der Waals surface area contributed by atoms with E-state index in [-0.39, 0.29) is 5.56 Å². The van der Waals surface area contributed by atoms with E-state index in [1.165, 1.54) is 5.56 Å². The molecule has 2 N–H and O–H groups in total. The molecule has 6 heteroatoms. The molecule has 4 aromatic rings. The second-order valence-electron chi connectivity index (χ2n) is 6.84. The Labute approximate surface area is 156 Å². The van der Waals surface area contributed by atoms with Gasteiger partial charge in [0.05, 0.1) is 28.0 Å². The van der Waals surface area contributed by atoms with Crippen molar-refractivity contribution in [3.05, 3.63) is 75.0 Å². The molecule has 136 valence electrons. The Morgan fingerprint density at radius 3 is 2.63 bits per heavy atom. The largest absolute Gasteiger partial charge is 0.342 e. The molecule has 0 fully saturated rings. The molecule has 0 saturated heterocycles. The van der Waals surface area contributed by atoms with Crippen molar-refractivity contribution in [2.75, 3.05) is 0 Å². The zero-order valence-corrected chi connectivity index (χ0v) is 15.8. The Balaban J connectivity index is 1.71. The summed E-state index contributed by atoms with van der Waals surface area (Å²) in [6.07, 6.45) is 1.62. The minimum Gasteiger partial charge on any atom is -0.342 e. The van der Waals surface area contributed by atoms with Gasteiger partial charge in [-0.1, -0.05) is 6.07 Å². The summed E-state index contributed by atoms with van der Waals surface area (Å²) in [4.78, 5) is 24.9. The summed E-state index contributed by atoms with van der Waals surface area (Å²) in [6.45, 7) is 7.89. The number of fused-ring (bicyclic) bond motifs is 1. The number of hydrogen-bond acceptors (Lipinski definition) is 3. The lowest BCUT2D eigenvalue weighted by Crippen LogP contribution is -2.17. The fourth-order valence-electron chi connectivity index (χ4n) is 3.10. The van der Waals surface area contributed by atoms with Crippen molar-refractivity contribution < 1.29 is 0 Å². The molecule has 0 radical (unpaired) electrons. The zero-order chi connectivity index (χ0) is 19.1. The molecule has 0 spiro atoms. The van der Waals surface area contributed by atoms with Gasteiger partial charge < -0.3 is 4.98 Å². The Hall–Kier alpha value is -3.41. The first-order valence-corrected chi connectivity index (χ1v) is 8.82. The Bertz CT molecular complexity index is 1240. The van der Waals surface area contributed by atoms with Crippen LogP contribution in [0.5, 0.6) is 0 Å². The molecule has 0 aliphatic heterocycles. The molecule has 6 nitrogen and oxygen atoms in total. The maximum atomic E-state index is 12.8. The minimum atomic E-state index is -0.113. The molecule has 2 aromatic heterocycles. The van der Waals surface area contributed by atoms with E-state index >= 15 is 0 Å². The number of hydrogen-bond donors (Lipinski definition) is 2. The van der Waals surface area contributed by atoms with Gasteiger partial charge in [-0.2, -0.15) is 0 Å². The smallest absolute Gasteiger partial charge is 0.280 e. The SMILES string of the molecule is Cc1nc2ccc(N=Cc3c(C)[nH]n(-c4ccc(C)c(C)c4)c3=O)cc2[nH]1. The van der Waals surface area contributed by atoms with Crippen LogP contribution in [-0.2, 0) is 0 Å². The van der Waals surface area contributed by atoms with Crippen molar-refractivity contribution in [3.8, 4) is 5.69 Å². The molecule has 4 rings (SSSR count). The van der Waals surface area contributed by atoms with Gasteiger partial charge in [0.2, 0.25) is 0 Å². The van der Waals surface area contributed by atoms with Gasteiger partial charge in [-0.15, -0.1) is 0 Å². The molecule has 0 atom stereocenters. The van der Waals surface area contributed by atoms with E-state index in [1.807, 2.05) is 57.2 Å². The summed E-state index contributed by atoms with van der Waals surface area (Å²) in [5.74, 6) is 0.865. The summed E-state index contributed by atoms with van der Waals surface area (Å²) < 4.78 is 1.56. The van der Waals surface area contributed by atoms with Crippen molar-refractivity contribution in [1.82, 2.24) is 19.7 Å². The lowest BCUT2D eigenvalue weighted by Gasteiger charge is -2.05. The summed E-state index contributed by atoms with van der Waals surface area (Å²) in [5, 5.41) is 3.14. The fraction of sp³-hybridized carbons (Fsp3) is 0.190. The number of H-pyrrole nitrogens is 2. The number of aryl methyl sites for hydroxylation is 4. The minimum absolute atomic E-state index is 0.113. The molecular formula is C21H21N5O. The van der Waals surface area contributed by atoms with Crippen LogP contribution in [0.2, 0.25) is 0 Å². The van der Waals surface area contributed by atoms with Gasteiger partial charge in [-0.3, -0.25) is 14.9 Å². The van der Waals surface area contributed by atoms with Gasteiger partial charge >= 0.3 is 0 Å². The van der Waals surface area contributed by atoms with Crippen molar-refractivity contribution in [3.63, 3.8) is 0 Å². The number of aromatic nitrogens is 4. The topological polar surface area (TPSA) is 78.8 Å². The van der Waals surface area contributed by atoms with Crippen molar-refractivity contribution in [1.29, 1.82) is 0 Å². The lowest BCUT2D eigenvalue weighted by molar-refractivity contribution is 0.833. The van der Waals surface area contributed by atoms with Crippen LogP contribution in [0.3, 0.4) is 0 Å². The highest BCUT2D eigenvalue weighted by molar-refractivity contribution is 5.85. The quantitative estimate of drug-likeness (QED) is 0.542. The standard InChI is InChI=1S/C21H21N5O/c1-12-5-7-17(9-13(12)2)26-21(27)18(14(3)25-26)11-22-16-6-8-19-20(10-16)24-15(4)23-19/h5-11,25H,1-4H3,(H,23,24). The molecule has 0 amide bonds.